The topological polar surface area (TPSA) is 62.5 Å². The van der Waals surface area contributed by atoms with Gasteiger partial charge in [0, 0.05) is 6.61 Å². The van der Waals surface area contributed by atoms with Crippen LogP contribution in [0.5, 0.6) is 5.75 Å². The number of aliphatic hydroxyl groups is 1. The van der Waals surface area contributed by atoms with Crippen molar-refractivity contribution in [2.75, 3.05) is 19.8 Å². The van der Waals surface area contributed by atoms with Gasteiger partial charge >= 0.3 is 29.6 Å². The van der Waals surface area contributed by atoms with Crippen molar-refractivity contribution in [2.24, 2.45) is 0 Å². The van der Waals surface area contributed by atoms with Crippen LogP contribution >= 0.6 is 0 Å². The molecule has 0 saturated carbocycles. The normalized spacial score (nSPS) is 11.5. The van der Waals surface area contributed by atoms with E-state index in [2.05, 4.69) is 13.0 Å². The third-order valence-corrected chi connectivity index (χ3v) is 5.95. The molecule has 0 aliphatic carbocycles. The van der Waals surface area contributed by atoms with Gasteiger partial charge in [-0.25, -0.2) is 0 Å². The van der Waals surface area contributed by atoms with E-state index < -0.39 is 6.10 Å². The van der Waals surface area contributed by atoms with Gasteiger partial charge in [0.2, 0.25) is 0 Å². The Hall–Kier alpha value is -0.570. The van der Waals surface area contributed by atoms with E-state index in [0.29, 0.717) is 24.5 Å². The van der Waals surface area contributed by atoms with Crippen molar-refractivity contribution in [3.63, 3.8) is 0 Å². The van der Waals surface area contributed by atoms with Crippen LogP contribution in [0.2, 0.25) is 0 Å². The van der Waals surface area contributed by atoms with Crippen LogP contribution in [-0.2, 0) is 4.74 Å². The van der Waals surface area contributed by atoms with Crippen LogP contribution < -0.4 is 34.3 Å². The molecule has 1 aromatic carbocycles. The van der Waals surface area contributed by atoms with Crippen LogP contribution in [-0.4, -0.2) is 31.0 Å². The van der Waals surface area contributed by atoms with Crippen LogP contribution in [0.1, 0.15) is 117 Å². The SMILES string of the molecule is CCCCCCCCCCCCCCCCCCOC[C@H](CO)Oc1ccccc1C#N.[H-].[Na+]. The minimum absolute atomic E-state index is 0. The first-order chi connectivity index (χ1) is 15.8. The number of rotatable bonds is 22. The molecule has 1 rings (SSSR count). The molecule has 1 atom stereocenters. The summed E-state index contributed by atoms with van der Waals surface area (Å²) >= 11 is 0. The van der Waals surface area contributed by atoms with Crippen molar-refractivity contribution in [1.29, 1.82) is 5.26 Å². The third kappa shape index (κ3) is 18.4. The zero-order chi connectivity index (χ0) is 23.1. The van der Waals surface area contributed by atoms with E-state index in [1.54, 1.807) is 18.2 Å². The second-order valence-corrected chi connectivity index (χ2v) is 8.91. The van der Waals surface area contributed by atoms with Crippen molar-refractivity contribution in [1.82, 2.24) is 0 Å². The number of nitrogens with zero attached hydrogens (tertiary/aromatic N) is 1. The molecule has 0 fully saturated rings. The number of unbranched alkanes of at least 4 members (excludes halogenated alkanes) is 15. The Morgan fingerprint density at radius 1 is 0.818 bits per heavy atom. The quantitative estimate of drug-likeness (QED) is 0.198. The Labute approximate surface area is 227 Å². The predicted octanol–water partition coefficient (Wildman–Crippen LogP) is 4.69. The summed E-state index contributed by atoms with van der Waals surface area (Å²) in [7, 11) is 0. The molecule has 184 valence electrons. The van der Waals surface area contributed by atoms with Crippen molar-refractivity contribution >= 4 is 0 Å². The van der Waals surface area contributed by atoms with Crippen LogP contribution in [0.4, 0.5) is 0 Å². The average molecular weight is 470 g/mol. The van der Waals surface area contributed by atoms with Crippen LogP contribution in [0.3, 0.4) is 0 Å². The molecule has 0 spiro atoms. The number of benzene rings is 1. The van der Waals surface area contributed by atoms with Crippen molar-refractivity contribution in [3.05, 3.63) is 29.8 Å². The smallest absolute Gasteiger partial charge is 1.00 e. The minimum atomic E-state index is -0.439. The maximum atomic E-state index is 9.51. The summed E-state index contributed by atoms with van der Waals surface area (Å²) in [5.41, 5.74) is 0.476. The minimum Gasteiger partial charge on any atom is -1.00 e. The van der Waals surface area contributed by atoms with E-state index in [-0.39, 0.29) is 37.6 Å². The zero-order valence-corrected chi connectivity index (χ0v) is 23.5. The van der Waals surface area contributed by atoms with Crippen molar-refractivity contribution in [2.45, 2.75) is 116 Å². The van der Waals surface area contributed by atoms with Crippen molar-refractivity contribution < 1.29 is 45.6 Å². The molecule has 0 saturated heterocycles. The molecule has 0 aliphatic heterocycles. The molecule has 0 unspecified atom stereocenters. The first-order valence-electron chi connectivity index (χ1n) is 13.2. The van der Waals surface area contributed by atoms with Gasteiger partial charge in [-0.1, -0.05) is 115 Å². The molecular weight excluding hydrogens is 421 g/mol. The van der Waals surface area contributed by atoms with Gasteiger partial charge < -0.3 is 16.0 Å². The standard InChI is InChI=1S/C28H47NO3.Na.H/c1-2-3-4-5-6-7-8-9-10-11-12-13-14-15-16-19-22-31-25-27(24-30)32-28-21-18-17-20-26(28)23-29;;/h17-18,20-21,27,30H,2-16,19,22,24-25H2,1H3;;/q;+1;-1/t27-;;/m0../s1. The van der Waals surface area contributed by atoms with E-state index in [1.807, 2.05) is 6.07 Å². The molecule has 0 amide bonds. The van der Waals surface area contributed by atoms with E-state index in [9.17, 15) is 5.11 Å². The maximum absolute atomic E-state index is 9.51. The van der Waals surface area contributed by atoms with Gasteiger partial charge in [0.1, 0.15) is 17.9 Å². The second kappa shape index (κ2) is 24.6. The second-order valence-electron chi connectivity index (χ2n) is 8.91. The van der Waals surface area contributed by atoms with Gasteiger partial charge in [0.15, 0.2) is 0 Å². The summed E-state index contributed by atoms with van der Waals surface area (Å²) in [5, 5.41) is 18.6. The molecule has 0 aromatic heterocycles. The van der Waals surface area contributed by atoms with Gasteiger partial charge in [0.05, 0.1) is 18.8 Å². The maximum Gasteiger partial charge on any atom is 1.00 e. The molecule has 33 heavy (non-hydrogen) atoms. The van der Waals surface area contributed by atoms with E-state index in [4.69, 9.17) is 14.7 Å². The number of hydrogen-bond acceptors (Lipinski definition) is 4. The molecule has 0 bridgehead atoms. The van der Waals surface area contributed by atoms with Gasteiger partial charge in [-0.15, -0.1) is 0 Å². The van der Waals surface area contributed by atoms with Gasteiger partial charge in [-0.3, -0.25) is 0 Å². The molecule has 1 N–H and O–H groups in total. The number of nitriles is 1. The monoisotopic (exact) mass is 469 g/mol. The van der Waals surface area contributed by atoms with Gasteiger partial charge in [-0.05, 0) is 18.6 Å². The van der Waals surface area contributed by atoms with E-state index in [1.165, 1.54) is 96.3 Å². The summed E-state index contributed by atoms with van der Waals surface area (Å²) < 4.78 is 11.4. The van der Waals surface area contributed by atoms with Gasteiger partial charge in [0.25, 0.3) is 0 Å². The molecular formula is C28H48NNaO3. The first-order valence-corrected chi connectivity index (χ1v) is 13.2. The van der Waals surface area contributed by atoms with E-state index >= 15 is 0 Å². The summed E-state index contributed by atoms with van der Waals surface area (Å²) in [6.07, 6.45) is 21.3. The average Bonchev–Trinajstić information content (AvgIpc) is 2.82. The molecule has 5 heteroatoms. The summed E-state index contributed by atoms with van der Waals surface area (Å²) in [6, 6.07) is 9.18. The van der Waals surface area contributed by atoms with Crippen LogP contribution in [0.15, 0.2) is 24.3 Å². The fourth-order valence-electron chi connectivity index (χ4n) is 3.93. The molecule has 0 radical (unpaired) electrons. The fourth-order valence-corrected chi connectivity index (χ4v) is 3.93. The van der Waals surface area contributed by atoms with Crippen LogP contribution in [0.25, 0.3) is 0 Å². The number of para-hydroxylation sites is 1. The number of aliphatic hydroxyl groups excluding tert-OH is 1. The fraction of sp³-hybridized carbons (Fsp3) is 0.750. The van der Waals surface area contributed by atoms with Crippen LogP contribution in [0, 0.1) is 11.3 Å². The van der Waals surface area contributed by atoms with Crippen molar-refractivity contribution in [3.8, 4) is 11.8 Å². The Morgan fingerprint density at radius 3 is 1.79 bits per heavy atom. The largest absolute Gasteiger partial charge is 1.00 e. The Bertz CT molecular complexity index is 597. The summed E-state index contributed by atoms with van der Waals surface area (Å²) in [4.78, 5) is 0. The van der Waals surface area contributed by atoms with E-state index in [0.717, 1.165) is 6.42 Å². The Kier molecular flexibility index (Phi) is 24.1. The van der Waals surface area contributed by atoms with Gasteiger partial charge in [-0.2, -0.15) is 5.26 Å². The molecule has 4 nitrogen and oxygen atoms in total. The summed E-state index contributed by atoms with van der Waals surface area (Å²) in [5.74, 6) is 0.500. The zero-order valence-electron chi connectivity index (χ0n) is 22.5. The third-order valence-electron chi connectivity index (χ3n) is 5.95. The molecule has 1 aromatic rings. The molecule has 0 heterocycles. The predicted molar refractivity (Wildman–Crippen MR) is 134 cm³/mol. The number of hydrogen-bond donors (Lipinski definition) is 1. The summed E-state index contributed by atoms with van der Waals surface area (Å²) in [6.45, 7) is 3.19. The Balaban J connectivity index is 0. The number of ether oxygens (including phenoxy) is 2. The molecule has 0 aliphatic rings. The Morgan fingerprint density at radius 2 is 1.30 bits per heavy atom. The first kappa shape index (κ1) is 32.4.